The van der Waals surface area contributed by atoms with Gasteiger partial charge < -0.3 is 9.90 Å². The number of carbonyl (C=O) groups excluding carboxylic acids is 1. The summed E-state index contributed by atoms with van der Waals surface area (Å²) in [4.78, 5) is 10.3. The van der Waals surface area contributed by atoms with Crippen LogP contribution in [0.1, 0.15) is 25.3 Å². The Hall–Kier alpha value is -2.85. The number of benzene rings is 2. The van der Waals surface area contributed by atoms with Crippen molar-refractivity contribution in [3.8, 4) is 0 Å². The number of hydrazone groups is 1. The Morgan fingerprint density at radius 1 is 1.14 bits per heavy atom. The largest absolute Gasteiger partial charge is 0.550 e. The average molecular weight is 410 g/mol. The molecule has 2 rings (SSSR count). The van der Waals surface area contributed by atoms with E-state index in [1.165, 1.54) is 30.3 Å². The number of hydrogen-bond acceptors (Lipinski definition) is 6. The molecule has 0 aliphatic heterocycles. The molecule has 0 bridgehead atoms. The van der Waals surface area contributed by atoms with Crippen LogP contribution >= 0.6 is 0 Å². The van der Waals surface area contributed by atoms with Crippen molar-refractivity contribution >= 4 is 27.4 Å². The molecule has 0 heterocycles. The Bertz CT molecular complexity index is 977. The first-order chi connectivity index (χ1) is 13.2. The quantitative estimate of drug-likeness (QED) is 0.371. The lowest BCUT2D eigenvalue weighted by molar-refractivity contribution is -0.305. The highest BCUT2D eigenvalue weighted by molar-refractivity contribution is 7.89. The van der Waals surface area contributed by atoms with Gasteiger partial charge in [-0.15, -0.1) is 0 Å². The second-order valence-electron chi connectivity index (χ2n) is 5.83. The van der Waals surface area contributed by atoms with E-state index >= 15 is 0 Å². The SMILES string of the molecule is C/C(=N/Nc1ccc(F)cc1F)c1ccc(S(=O)(=O)NCCCC(=O)[O-])cc1. The van der Waals surface area contributed by atoms with Gasteiger partial charge in [0.25, 0.3) is 0 Å². The molecule has 0 amide bonds. The third-order valence-corrected chi connectivity index (χ3v) is 5.18. The average Bonchev–Trinajstić information content (AvgIpc) is 2.64. The number of nitrogens with zero attached hydrogens (tertiary/aromatic N) is 1. The molecule has 7 nitrogen and oxygen atoms in total. The lowest BCUT2D eigenvalue weighted by Crippen LogP contribution is -2.27. The molecule has 2 aromatic rings. The summed E-state index contributed by atoms with van der Waals surface area (Å²) in [6.07, 6.45) is -0.115. The summed E-state index contributed by atoms with van der Waals surface area (Å²) >= 11 is 0. The van der Waals surface area contributed by atoms with Crippen molar-refractivity contribution in [2.24, 2.45) is 5.10 Å². The molecular weight excluding hydrogens is 392 g/mol. The molecule has 0 radical (unpaired) electrons. The van der Waals surface area contributed by atoms with Gasteiger partial charge in [-0.2, -0.15) is 5.10 Å². The summed E-state index contributed by atoms with van der Waals surface area (Å²) < 4.78 is 53.1. The third-order valence-electron chi connectivity index (χ3n) is 3.71. The van der Waals surface area contributed by atoms with E-state index in [1.54, 1.807) is 6.92 Å². The highest BCUT2D eigenvalue weighted by Gasteiger charge is 2.13. The molecular formula is C18H18F2N3O4S-. The van der Waals surface area contributed by atoms with Gasteiger partial charge in [-0.3, -0.25) is 5.43 Å². The predicted octanol–water partition coefficient (Wildman–Crippen LogP) is 1.61. The number of aliphatic carboxylic acids is 1. The van der Waals surface area contributed by atoms with Crippen molar-refractivity contribution in [2.45, 2.75) is 24.7 Å². The Balaban J connectivity index is 2.03. The molecule has 0 unspecified atom stereocenters. The van der Waals surface area contributed by atoms with Crippen LogP contribution in [-0.2, 0) is 14.8 Å². The molecule has 0 atom stereocenters. The lowest BCUT2D eigenvalue weighted by atomic mass is 10.1. The Kier molecular flexibility index (Phi) is 7.18. The zero-order chi connectivity index (χ0) is 20.7. The Morgan fingerprint density at radius 3 is 2.43 bits per heavy atom. The molecule has 150 valence electrons. The van der Waals surface area contributed by atoms with Gasteiger partial charge in [0.1, 0.15) is 5.82 Å². The van der Waals surface area contributed by atoms with Gasteiger partial charge in [-0.25, -0.2) is 21.9 Å². The fourth-order valence-electron chi connectivity index (χ4n) is 2.19. The van der Waals surface area contributed by atoms with Crippen molar-refractivity contribution in [3.05, 3.63) is 59.7 Å². The summed E-state index contributed by atoms with van der Waals surface area (Å²) in [5.74, 6) is -2.73. The van der Waals surface area contributed by atoms with Gasteiger partial charge in [-0.1, -0.05) is 12.1 Å². The van der Waals surface area contributed by atoms with Gasteiger partial charge in [0.05, 0.1) is 16.3 Å². The van der Waals surface area contributed by atoms with Crippen LogP contribution in [0.15, 0.2) is 52.5 Å². The van der Waals surface area contributed by atoms with Crippen molar-refractivity contribution in [2.75, 3.05) is 12.0 Å². The zero-order valence-electron chi connectivity index (χ0n) is 14.9. The molecule has 10 heteroatoms. The second kappa shape index (κ2) is 9.38. The van der Waals surface area contributed by atoms with E-state index in [2.05, 4.69) is 15.2 Å². The fraction of sp³-hybridized carbons (Fsp3) is 0.222. The van der Waals surface area contributed by atoms with E-state index in [0.717, 1.165) is 12.1 Å². The maximum Gasteiger partial charge on any atom is 0.240 e. The molecule has 0 fully saturated rings. The maximum absolute atomic E-state index is 13.6. The summed E-state index contributed by atoms with van der Waals surface area (Å²) in [7, 11) is -3.77. The molecule has 28 heavy (non-hydrogen) atoms. The molecule has 2 N–H and O–H groups in total. The van der Waals surface area contributed by atoms with E-state index in [4.69, 9.17) is 0 Å². The summed E-state index contributed by atoms with van der Waals surface area (Å²) in [6, 6.07) is 8.82. The fourth-order valence-corrected chi connectivity index (χ4v) is 3.26. The minimum Gasteiger partial charge on any atom is -0.550 e. The number of carboxylic acid groups (broad SMARTS) is 1. The number of halogens is 2. The minimum atomic E-state index is -3.77. The van der Waals surface area contributed by atoms with Gasteiger partial charge in [-0.05, 0) is 49.6 Å². The van der Waals surface area contributed by atoms with Gasteiger partial charge >= 0.3 is 0 Å². The number of nitrogens with one attached hydrogen (secondary N) is 2. The van der Waals surface area contributed by atoms with E-state index in [0.29, 0.717) is 11.3 Å². The van der Waals surface area contributed by atoms with E-state index < -0.39 is 27.6 Å². The predicted molar refractivity (Wildman–Crippen MR) is 98.1 cm³/mol. The van der Waals surface area contributed by atoms with Crippen molar-refractivity contribution in [3.63, 3.8) is 0 Å². The van der Waals surface area contributed by atoms with Crippen LogP contribution in [0.25, 0.3) is 0 Å². The van der Waals surface area contributed by atoms with Gasteiger partial charge in [0.2, 0.25) is 10.0 Å². The molecule has 0 aromatic heterocycles. The number of sulfonamides is 1. The maximum atomic E-state index is 13.6. The number of anilines is 1. The topological polar surface area (TPSA) is 111 Å². The molecule has 0 saturated heterocycles. The summed E-state index contributed by atoms with van der Waals surface area (Å²) in [5.41, 5.74) is 3.53. The second-order valence-corrected chi connectivity index (χ2v) is 7.60. The van der Waals surface area contributed by atoms with Crippen LogP contribution in [0.3, 0.4) is 0 Å². The Morgan fingerprint density at radius 2 is 1.82 bits per heavy atom. The van der Waals surface area contributed by atoms with Crippen LogP contribution in [0.5, 0.6) is 0 Å². The molecule has 0 aliphatic carbocycles. The summed E-state index contributed by atoms with van der Waals surface area (Å²) in [6.45, 7) is 1.61. The normalized spacial score (nSPS) is 12.0. The van der Waals surface area contributed by atoms with Gasteiger partial charge in [0, 0.05) is 18.6 Å². The van der Waals surface area contributed by atoms with Crippen LogP contribution in [0.4, 0.5) is 14.5 Å². The van der Waals surface area contributed by atoms with Crippen LogP contribution in [-0.4, -0.2) is 26.6 Å². The lowest BCUT2D eigenvalue weighted by Gasteiger charge is -2.08. The molecule has 0 aliphatic rings. The number of hydrogen-bond donors (Lipinski definition) is 2. The van der Waals surface area contributed by atoms with Crippen molar-refractivity contribution in [1.82, 2.24) is 4.72 Å². The first-order valence-electron chi connectivity index (χ1n) is 8.24. The number of rotatable bonds is 9. The molecule has 2 aromatic carbocycles. The van der Waals surface area contributed by atoms with Crippen LogP contribution < -0.4 is 15.3 Å². The number of carbonyl (C=O) groups is 1. The third kappa shape index (κ3) is 6.10. The monoisotopic (exact) mass is 410 g/mol. The molecule has 0 spiro atoms. The highest BCUT2D eigenvalue weighted by Crippen LogP contribution is 2.16. The highest BCUT2D eigenvalue weighted by atomic mass is 32.2. The first-order valence-corrected chi connectivity index (χ1v) is 9.72. The van der Waals surface area contributed by atoms with Gasteiger partial charge in [0.15, 0.2) is 5.82 Å². The summed E-state index contributed by atoms with van der Waals surface area (Å²) in [5, 5.41) is 14.3. The van der Waals surface area contributed by atoms with Crippen molar-refractivity contribution < 1.29 is 27.1 Å². The van der Waals surface area contributed by atoms with Crippen LogP contribution in [0.2, 0.25) is 0 Å². The van der Waals surface area contributed by atoms with Crippen LogP contribution in [0, 0.1) is 11.6 Å². The van der Waals surface area contributed by atoms with E-state index in [9.17, 15) is 27.1 Å². The first kappa shape index (κ1) is 21.5. The number of carboxylic acids is 1. The van der Waals surface area contributed by atoms with Crippen molar-refractivity contribution in [1.29, 1.82) is 0 Å². The smallest absolute Gasteiger partial charge is 0.240 e. The molecule has 0 saturated carbocycles. The van der Waals surface area contributed by atoms with E-state index in [-0.39, 0.29) is 30.0 Å². The minimum absolute atomic E-state index is 0.000656. The standard InChI is InChI=1S/C18H19F2N3O4S/c1-12(22-23-17-9-6-14(19)11-16(17)20)13-4-7-15(8-5-13)28(26,27)21-10-2-3-18(24)25/h4-9,11,21,23H,2-3,10H2,1H3,(H,24,25)/p-1/b22-12-. The zero-order valence-corrected chi connectivity index (χ0v) is 15.7. The van der Waals surface area contributed by atoms with E-state index in [1.807, 2.05) is 0 Å². The Labute approximate surface area is 161 Å².